The van der Waals surface area contributed by atoms with E-state index < -0.39 is 5.82 Å². The summed E-state index contributed by atoms with van der Waals surface area (Å²) >= 11 is 5.76. The van der Waals surface area contributed by atoms with E-state index >= 15 is 0 Å². The molecule has 5 heteroatoms. The van der Waals surface area contributed by atoms with Crippen molar-refractivity contribution in [3.63, 3.8) is 0 Å². The van der Waals surface area contributed by atoms with Gasteiger partial charge in [-0.25, -0.2) is 9.37 Å². The molecule has 0 aliphatic rings. The molecule has 0 fully saturated rings. The number of benzene rings is 1. The molecule has 0 saturated carbocycles. The van der Waals surface area contributed by atoms with E-state index in [9.17, 15) is 4.39 Å². The first kappa shape index (κ1) is 13.1. The molecule has 0 aliphatic heterocycles. The summed E-state index contributed by atoms with van der Waals surface area (Å²) in [5, 5.41) is 0.106. The van der Waals surface area contributed by atoms with Crippen LogP contribution in [0.2, 0.25) is 5.02 Å². The Morgan fingerprint density at radius 2 is 2.28 bits per heavy atom. The Labute approximate surface area is 110 Å². The van der Waals surface area contributed by atoms with Gasteiger partial charge in [-0.1, -0.05) is 18.5 Å². The Morgan fingerprint density at radius 1 is 1.50 bits per heavy atom. The van der Waals surface area contributed by atoms with Crippen LogP contribution in [-0.4, -0.2) is 16.5 Å². The van der Waals surface area contributed by atoms with Gasteiger partial charge in [0, 0.05) is 18.0 Å². The van der Waals surface area contributed by atoms with Crippen LogP contribution in [0.15, 0.2) is 24.4 Å². The highest BCUT2D eigenvalue weighted by Gasteiger charge is 2.12. The van der Waals surface area contributed by atoms with Crippen LogP contribution in [-0.2, 0) is 0 Å². The van der Waals surface area contributed by atoms with E-state index in [0.717, 1.165) is 23.5 Å². The molecule has 0 saturated heterocycles. The third-order valence-corrected chi connectivity index (χ3v) is 3.28. The van der Waals surface area contributed by atoms with Gasteiger partial charge in [0.05, 0.1) is 16.9 Å². The largest absolute Gasteiger partial charge is 0.342 e. The number of nitrogens with zero attached hydrogens (tertiary/aromatic N) is 1. The smallest absolute Gasteiger partial charge is 0.141 e. The van der Waals surface area contributed by atoms with Crippen molar-refractivity contribution < 1.29 is 4.39 Å². The van der Waals surface area contributed by atoms with Gasteiger partial charge < -0.3 is 10.7 Å². The van der Waals surface area contributed by atoms with E-state index in [4.69, 9.17) is 17.3 Å². The Kier molecular flexibility index (Phi) is 3.99. The zero-order chi connectivity index (χ0) is 13.1. The van der Waals surface area contributed by atoms with Crippen LogP contribution in [0.25, 0.3) is 11.3 Å². The second-order valence-corrected chi connectivity index (χ2v) is 4.56. The molecular formula is C13H15ClFN3. The summed E-state index contributed by atoms with van der Waals surface area (Å²) in [6.45, 7) is 2.61. The lowest BCUT2D eigenvalue weighted by molar-refractivity contribution is 0.628. The normalized spacial score (nSPS) is 12.7. The summed E-state index contributed by atoms with van der Waals surface area (Å²) in [4.78, 5) is 7.52. The van der Waals surface area contributed by atoms with Gasteiger partial charge in [-0.2, -0.15) is 0 Å². The van der Waals surface area contributed by atoms with Crippen LogP contribution >= 0.6 is 11.6 Å². The van der Waals surface area contributed by atoms with Crippen molar-refractivity contribution in [1.82, 2.24) is 9.97 Å². The van der Waals surface area contributed by atoms with Crippen LogP contribution in [0, 0.1) is 5.82 Å². The first-order chi connectivity index (χ1) is 8.65. The lowest BCUT2D eigenvalue weighted by Crippen LogP contribution is -2.12. The standard InChI is InChI=1S/C13H15ClFN3/c1-2-8(6-16)13-17-7-12(18-13)9-3-4-11(15)10(14)5-9/h3-5,7-8H,2,6,16H2,1H3,(H,17,18). The first-order valence-corrected chi connectivity index (χ1v) is 6.23. The fourth-order valence-electron chi connectivity index (χ4n) is 1.83. The van der Waals surface area contributed by atoms with E-state index in [-0.39, 0.29) is 10.9 Å². The highest BCUT2D eigenvalue weighted by Crippen LogP contribution is 2.25. The number of hydrogen-bond donors (Lipinski definition) is 2. The average Bonchev–Trinajstić information content (AvgIpc) is 2.84. The molecule has 0 bridgehead atoms. The number of nitrogens with two attached hydrogens (primary N) is 1. The van der Waals surface area contributed by atoms with Crippen molar-refractivity contribution in [1.29, 1.82) is 0 Å². The highest BCUT2D eigenvalue weighted by molar-refractivity contribution is 6.31. The second-order valence-electron chi connectivity index (χ2n) is 4.15. The topological polar surface area (TPSA) is 54.7 Å². The van der Waals surface area contributed by atoms with Crippen LogP contribution in [0.3, 0.4) is 0 Å². The predicted molar refractivity (Wildman–Crippen MR) is 71.1 cm³/mol. The minimum absolute atomic E-state index is 0.106. The molecule has 1 aromatic heterocycles. The minimum atomic E-state index is -0.423. The number of halogens is 2. The lowest BCUT2D eigenvalue weighted by atomic mass is 10.1. The van der Waals surface area contributed by atoms with E-state index in [1.54, 1.807) is 18.3 Å². The Morgan fingerprint density at radius 3 is 2.89 bits per heavy atom. The highest BCUT2D eigenvalue weighted by atomic mass is 35.5. The van der Waals surface area contributed by atoms with Crippen LogP contribution < -0.4 is 5.73 Å². The van der Waals surface area contributed by atoms with Crippen LogP contribution in [0.5, 0.6) is 0 Å². The molecule has 96 valence electrons. The van der Waals surface area contributed by atoms with Crippen molar-refractivity contribution in [2.45, 2.75) is 19.3 Å². The molecule has 3 N–H and O–H groups in total. The third-order valence-electron chi connectivity index (χ3n) is 2.99. The molecule has 1 atom stereocenters. The number of aromatic amines is 1. The Balaban J connectivity index is 2.31. The van der Waals surface area contributed by atoms with Gasteiger partial charge in [-0.3, -0.25) is 0 Å². The third kappa shape index (κ3) is 2.54. The molecule has 0 radical (unpaired) electrons. The molecule has 1 heterocycles. The van der Waals surface area contributed by atoms with E-state index in [0.29, 0.717) is 6.54 Å². The number of hydrogen-bond acceptors (Lipinski definition) is 2. The van der Waals surface area contributed by atoms with Crippen molar-refractivity contribution in [2.24, 2.45) is 5.73 Å². The molecule has 1 unspecified atom stereocenters. The maximum absolute atomic E-state index is 13.1. The van der Waals surface area contributed by atoms with Gasteiger partial charge in [-0.15, -0.1) is 0 Å². The fourth-order valence-corrected chi connectivity index (χ4v) is 2.01. The Hall–Kier alpha value is -1.39. The number of aromatic nitrogens is 2. The first-order valence-electron chi connectivity index (χ1n) is 5.86. The van der Waals surface area contributed by atoms with Gasteiger partial charge in [0.1, 0.15) is 11.6 Å². The molecule has 2 rings (SSSR count). The number of imidazole rings is 1. The van der Waals surface area contributed by atoms with Gasteiger partial charge in [0.25, 0.3) is 0 Å². The van der Waals surface area contributed by atoms with Crippen LogP contribution in [0.1, 0.15) is 25.1 Å². The van der Waals surface area contributed by atoms with Crippen LogP contribution in [0.4, 0.5) is 4.39 Å². The fraction of sp³-hybridized carbons (Fsp3) is 0.308. The van der Waals surface area contributed by atoms with Gasteiger partial charge >= 0.3 is 0 Å². The molecular weight excluding hydrogens is 253 g/mol. The van der Waals surface area contributed by atoms with Crippen molar-refractivity contribution in [3.8, 4) is 11.3 Å². The maximum Gasteiger partial charge on any atom is 0.141 e. The summed E-state index contributed by atoms with van der Waals surface area (Å²) < 4.78 is 13.1. The van der Waals surface area contributed by atoms with Gasteiger partial charge in [0.2, 0.25) is 0 Å². The van der Waals surface area contributed by atoms with E-state index in [1.807, 2.05) is 0 Å². The molecule has 2 aromatic rings. The van der Waals surface area contributed by atoms with Crippen molar-refractivity contribution >= 4 is 11.6 Å². The van der Waals surface area contributed by atoms with Crippen molar-refractivity contribution in [3.05, 3.63) is 41.1 Å². The predicted octanol–water partition coefficient (Wildman–Crippen LogP) is 3.32. The molecule has 18 heavy (non-hydrogen) atoms. The molecule has 0 spiro atoms. The zero-order valence-corrected chi connectivity index (χ0v) is 10.8. The maximum atomic E-state index is 13.1. The quantitative estimate of drug-likeness (QED) is 0.893. The summed E-state index contributed by atoms with van der Waals surface area (Å²) in [5.41, 5.74) is 7.31. The summed E-state index contributed by atoms with van der Waals surface area (Å²) in [6, 6.07) is 4.60. The Bertz CT molecular complexity index is 535. The number of rotatable bonds is 4. The minimum Gasteiger partial charge on any atom is -0.342 e. The van der Waals surface area contributed by atoms with E-state index in [2.05, 4.69) is 16.9 Å². The van der Waals surface area contributed by atoms with E-state index in [1.165, 1.54) is 6.07 Å². The molecule has 3 nitrogen and oxygen atoms in total. The lowest BCUT2D eigenvalue weighted by Gasteiger charge is -2.07. The number of nitrogens with one attached hydrogen (secondary N) is 1. The van der Waals surface area contributed by atoms with Crippen molar-refractivity contribution in [2.75, 3.05) is 6.54 Å². The van der Waals surface area contributed by atoms with Gasteiger partial charge in [0.15, 0.2) is 0 Å². The average molecular weight is 268 g/mol. The second kappa shape index (κ2) is 5.50. The zero-order valence-electron chi connectivity index (χ0n) is 10.1. The molecule has 0 amide bonds. The molecule has 0 aliphatic carbocycles. The van der Waals surface area contributed by atoms with Gasteiger partial charge in [-0.05, 0) is 24.6 Å². The monoisotopic (exact) mass is 267 g/mol. The number of H-pyrrole nitrogens is 1. The summed E-state index contributed by atoms with van der Waals surface area (Å²) in [5.74, 6) is 0.652. The summed E-state index contributed by atoms with van der Waals surface area (Å²) in [7, 11) is 0. The summed E-state index contributed by atoms with van der Waals surface area (Å²) in [6.07, 6.45) is 2.64. The SMILES string of the molecule is CCC(CN)c1ncc(-c2ccc(F)c(Cl)c2)[nH]1. The molecule has 1 aromatic carbocycles.